The van der Waals surface area contributed by atoms with Crippen LogP contribution in [0.5, 0.6) is 0 Å². The van der Waals surface area contributed by atoms with E-state index in [4.69, 9.17) is 0 Å². The van der Waals surface area contributed by atoms with Gasteiger partial charge in [0.15, 0.2) is 0 Å². The van der Waals surface area contributed by atoms with E-state index in [1.165, 1.54) is 54.9 Å². The maximum absolute atomic E-state index is 4.14. The van der Waals surface area contributed by atoms with Gasteiger partial charge in [-0.05, 0) is 94.6 Å². The fourth-order valence-corrected chi connectivity index (χ4v) is 4.36. The Kier molecular flexibility index (Phi) is 12.2. The summed E-state index contributed by atoms with van der Waals surface area (Å²) >= 11 is 0. The molecule has 3 aromatic carbocycles. The monoisotopic (exact) mass is 440 g/mol. The van der Waals surface area contributed by atoms with Crippen LogP contribution in [0, 0.1) is 13.8 Å². The van der Waals surface area contributed by atoms with E-state index in [0.29, 0.717) is 0 Å². The molecule has 0 heteroatoms. The number of benzene rings is 3. The fourth-order valence-electron chi connectivity index (χ4n) is 4.36. The van der Waals surface area contributed by atoms with Gasteiger partial charge in [0.2, 0.25) is 0 Å². The van der Waals surface area contributed by atoms with Crippen molar-refractivity contribution < 1.29 is 0 Å². The van der Waals surface area contributed by atoms with Gasteiger partial charge in [-0.2, -0.15) is 0 Å². The van der Waals surface area contributed by atoms with Crippen LogP contribution < -0.4 is 0 Å². The Balaban J connectivity index is 0.000000841. The molecule has 0 nitrogen and oxygen atoms in total. The SMILES string of the molecule is C=Cc1c(C)c(C)c(/C=C\C)c2cc(C3=CCCC=C3)c3ccccc3c12.CC.CC.CC. The van der Waals surface area contributed by atoms with Gasteiger partial charge in [-0.25, -0.2) is 0 Å². The first-order valence-electron chi connectivity index (χ1n) is 12.8. The number of hydrogen-bond donors (Lipinski definition) is 0. The topological polar surface area (TPSA) is 0 Å². The number of hydrogen-bond acceptors (Lipinski definition) is 0. The predicted octanol–water partition coefficient (Wildman–Crippen LogP) is 11.1. The summed E-state index contributed by atoms with van der Waals surface area (Å²) in [6, 6.07) is 11.2. The summed E-state index contributed by atoms with van der Waals surface area (Å²) in [5.74, 6) is 0. The standard InChI is InChI=1S/C27H26.3C2H6/c1-5-12-22-19(4)18(3)21(6-2)27-24-16-11-10-15-23(24)25(17-26(22)27)20-13-8-7-9-14-20;3*1-2/h5-6,8,10-17H,2,7,9H2,1,3-4H3;3*1-2H3/b12-5-;;;. The average molecular weight is 441 g/mol. The molecule has 0 N–H and O–H groups in total. The Morgan fingerprint density at radius 3 is 1.94 bits per heavy atom. The predicted molar refractivity (Wildman–Crippen MR) is 156 cm³/mol. The van der Waals surface area contributed by atoms with E-state index >= 15 is 0 Å². The van der Waals surface area contributed by atoms with Crippen molar-refractivity contribution in [2.45, 2.75) is 75.2 Å². The van der Waals surface area contributed by atoms with E-state index < -0.39 is 0 Å². The quantitative estimate of drug-likeness (QED) is 0.355. The van der Waals surface area contributed by atoms with Gasteiger partial charge in [0.25, 0.3) is 0 Å². The summed E-state index contributed by atoms with van der Waals surface area (Å²) in [6.07, 6.45) is 15.6. The summed E-state index contributed by atoms with van der Waals surface area (Å²) in [6.45, 7) is 22.7. The molecule has 0 spiro atoms. The van der Waals surface area contributed by atoms with Crippen LogP contribution in [0.2, 0.25) is 0 Å². The highest BCUT2D eigenvalue weighted by molar-refractivity contribution is 6.17. The lowest BCUT2D eigenvalue weighted by Gasteiger charge is -2.20. The molecule has 1 aliphatic rings. The molecule has 0 bridgehead atoms. The van der Waals surface area contributed by atoms with Crippen molar-refractivity contribution in [1.82, 2.24) is 0 Å². The highest BCUT2D eigenvalue weighted by Gasteiger charge is 2.17. The Morgan fingerprint density at radius 1 is 0.788 bits per heavy atom. The molecule has 0 fully saturated rings. The fraction of sp³-hybridized carbons (Fsp3) is 0.333. The molecule has 3 aromatic rings. The Bertz CT molecular complexity index is 1150. The maximum atomic E-state index is 4.14. The first kappa shape index (κ1) is 28.2. The molecule has 0 saturated heterocycles. The summed E-state index contributed by atoms with van der Waals surface area (Å²) in [5.41, 5.74) is 7.90. The van der Waals surface area contributed by atoms with Crippen LogP contribution in [0.3, 0.4) is 0 Å². The minimum atomic E-state index is 1.12. The molecule has 0 radical (unpaired) electrons. The highest BCUT2D eigenvalue weighted by atomic mass is 14.2. The minimum absolute atomic E-state index is 1.12. The molecule has 0 amide bonds. The molecule has 0 heterocycles. The first-order chi connectivity index (χ1) is 16.2. The van der Waals surface area contributed by atoms with E-state index in [-0.39, 0.29) is 0 Å². The number of fused-ring (bicyclic) bond motifs is 3. The second kappa shape index (κ2) is 14.3. The van der Waals surface area contributed by atoms with Crippen molar-refractivity contribution in [3.8, 4) is 0 Å². The van der Waals surface area contributed by atoms with E-state index in [1.54, 1.807) is 0 Å². The van der Waals surface area contributed by atoms with Crippen LogP contribution in [0.15, 0.2) is 61.2 Å². The summed E-state index contributed by atoms with van der Waals surface area (Å²) in [4.78, 5) is 0. The smallest absolute Gasteiger partial charge is 0.00237 e. The van der Waals surface area contributed by atoms with Crippen LogP contribution in [0.25, 0.3) is 39.3 Å². The first-order valence-corrected chi connectivity index (χ1v) is 12.8. The maximum Gasteiger partial charge on any atom is -0.00237 e. The highest BCUT2D eigenvalue weighted by Crippen LogP contribution is 2.40. The molecule has 0 saturated carbocycles. The van der Waals surface area contributed by atoms with Crippen molar-refractivity contribution in [1.29, 1.82) is 0 Å². The van der Waals surface area contributed by atoms with E-state index in [2.05, 4.69) is 88.1 Å². The van der Waals surface area contributed by atoms with Gasteiger partial charge in [0, 0.05) is 0 Å². The van der Waals surface area contributed by atoms with Crippen LogP contribution in [-0.4, -0.2) is 0 Å². The van der Waals surface area contributed by atoms with E-state index in [9.17, 15) is 0 Å². The van der Waals surface area contributed by atoms with Gasteiger partial charge < -0.3 is 0 Å². The van der Waals surface area contributed by atoms with Crippen molar-refractivity contribution in [2.24, 2.45) is 0 Å². The third-order valence-corrected chi connectivity index (χ3v) is 5.82. The second-order valence-corrected chi connectivity index (χ2v) is 7.31. The van der Waals surface area contributed by atoms with Gasteiger partial charge in [0.1, 0.15) is 0 Å². The molecular formula is C33H44. The zero-order valence-electron chi connectivity index (χ0n) is 22.5. The van der Waals surface area contributed by atoms with Crippen molar-refractivity contribution in [3.63, 3.8) is 0 Å². The van der Waals surface area contributed by atoms with Gasteiger partial charge in [0.05, 0.1) is 0 Å². The summed E-state index contributed by atoms with van der Waals surface area (Å²) in [7, 11) is 0. The summed E-state index contributed by atoms with van der Waals surface area (Å²) < 4.78 is 0. The zero-order valence-corrected chi connectivity index (χ0v) is 22.5. The zero-order chi connectivity index (χ0) is 25.0. The second-order valence-electron chi connectivity index (χ2n) is 7.31. The molecule has 0 unspecified atom stereocenters. The van der Waals surface area contributed by atoms with Gasteiger partial charge in [-0.15, -0.1) is 0 Å². The number of allylic oxidation sites excluding steroid dienone is 5. The Hall–Kier alpha value is -2.86. The van der Waals surface area contributed by atoms with Crippen LogP contribution in [0.1, 0.15) is 89.1 Å². The van der Waals surface area contributed by atoms with Gasteiger partial charge in [-0.3, -0.25) is 0 Å². The molecular weight excluding hydrogens is 396 g/mol. The molecule has 176 valence electrons. The number of rotatable bonds is 3. The van der Waals surface area contributed by atoms with Gasteiger partial charge in [-0.1, -0.05) is 109 Å². The van der Waals surface area contributed by atoms with Crippen molar-refractivity contribution in [2.75, 3.05) is 0 Å². The Morgan fingerprint density at radius 2 is 1.39 bits per heavy atom. The molecule has 0 aromatic heterocycles. The van der Waals surface area contributed by atoms with Crippen molar-refractivity contribution in [3.05, 3.63) is 89.0 Å². The summed E-state index contributed by atoms with van der Waals surface area (Å²) in [5, 5.41) is 5.27. The van der Waals surface area contributed by atoms with Crippen molar-refractivity contribution >= 4 is 39.3 Å². The molecule has 0 aliphatic heterocycles. The average Bonchev–Trinajstić information content (AvgIpc) is 2.90. The van der Waals surface area contributed by atoms with Gasteiger partial charge >= 0.3 is 0 Å². The molecule has 33 heavy (non-hydrogen) atoms. The molecule has 1 aliphatic carbocycles. The lowest BCUT2D eigenvalue weighted by Crippen LogP contribution is -1.97. The normalized spacial score (nSPS) is 12.2. The van der Waals surface area contributed by atoms with Crippen LogP contribution in [-0.2, 0) is 0 Å². The largest absolute Gasteiger partial charge is 0.0984 e. The third-order valence-electron chi connectivity index (χ3n) is 5.82. The minimum Gasteiger partial charge on any atom is -0.0984 e. The molecule has 4 rings (SSSR count). The van der Waals surface area contributed by atoms with E-state index in [0.717, 1.165) is 12.8 Å². The third kappa shape index (κ3) is 5.74. The Labute approximate surface area is 203 Å². The van der Waals surface area contributed by atoms with Crippen LogP contribution in [0.4, 0.5) is 0 Å². The lowest BCUT2D eigenvalue weighted by molar-refractivity contribution is 1.04. The molecule has 0 atom stereocenters. The van der Waals surface area contributed by atoms with Crippen LogP contribution >= 0.6 is 0 Å². The lowest BCUT2D eigenvalue weighted by atomic mass is 9.84. The van der Waals surface area contributed by atoms with E-state index in [1.807, 2.05) is 47.6 Å².